The molecule has 0 aromatic carbocycles. The maximum absolute atomic E-state index is 6.02. The largest absolute Gasteiger partial charge is 0.468 e. The molecule has 0 unspecified atom stereocenters. The first kappa shape index (κ1) is 13.6. The van der Waals surface area contributed by atoms with E-state index in [-0.39, 0.29) is 0 Å². The Balaban J connectivity index is 1.79. The van der Waals surface area contributed by atoms with Crippen LogP contribution in [0.25, 0.3) is 0 Å². The summed E-state index contributed by atoms with van der Waals surface area (Å²) in [6, 6.07) is 2.01. The van der Waals surface area contributed by atoms with Gasteiger partial charge >= 0.3 is 0 Å². The van der Waals surface area contributed by atoms with Crippen LogP contribution in [0.2, 0.25) is 0 Å². The molecular weight excluding hydrogens is 226 g/mol. The number of rotatable bonds is 5. The number of hydrogen-bond donors (Lipinski definition) is 1. The third-order valence-corrected chi connectivity index (χ3v) is 3.94. The van der Waals surface area contributed by atoms with E-state index in [9.17, 15) is 0 Å². The van der Waals surface area contributed by atoms with Gasteiger partial charge in [-0.1, -0.05) is 13.8 Å². The van der Waals surface area contributed by atoms with Gasteiger partial charge in [-0.3, -0.25) is 0 Å². The zero-order valence-electron chi connectivity index (χ0n) is 11.8. The zero-order chi connectivity index (χ0) is 13.0. The molecule has 0 saturated heterocycles. The van der Waals surface area contributed by atoms with Gasteiger partial charge in [0.15, 0.2) is 0 Å². The Morgan fingerprint density at radius 2 is 2.11 bits per heavy atom. The van der Waals surface area contributed by atoms with Crippen LogP contribution in [0.3, 0.4) is 0 Å². The van der Waals surface area contributed by atoms with Crippen LogP contribution in [0.4, 0.5) is 0 Å². The van der Waals surface area contributed by atoms with Gasteiger partial charge in [0.2, 0.25) is 0 Å². The molecule has 3 heteroatoms. The van der Waals surface area contributed by atoms with Crippen LogP contribution in [0.15, 0.2) is 16.7 Å². The molecule has 1 aliphatic carbocycles. The lowest BCUT2D eigenvalue weighted by atomic mass is 9.76. The van der Waals surface area contributed by atoms with Gasteiger partial charge in [0, 0.05) is 5.56 Å². The molecule has 1 saturated carbocycles. The smallest absolute Gasteiger partial charge is 0.123 e. The lowest BCUT2D eigenvalue weighted by Gasteiger charge is -2.34. The van der Waals surface area contributed by atoms with E-state index in [4.69, 9.17) is 9.15 Å². The fourth-order valence-corrected chi connectivity index (χ4v) is 2.56. The second-order valence-corrected chi connectivity index (χ2v) is 6.07. The Morgan fingerprint density at radius 1 is 1.39 bits per heavy atom. The predicted octanol–water partition coefficient (Wildman–Crippen LogP) is 3.48. The second kappa shape index (κ2) is 5.89. The van der Waals surface area contributed by atoms with Crippen molar-refractivity contribution in [2.45, 2.75) is 58.8 Å². The average Bonchev–Trinajstić information content (AvgIpc) is 2.76. The first-order valence-corrected chi connectivity index (χ1v) is 6.92. The normalized spacial score (nSPS) is 20.2. The summed E-state index contributed by atoms with van der Waals surface area (Å²) in [5.74, 6) is 0.994. The van der Waals surface area contributed by atoms with E-state index in [1.807, 2.05) is 13.1 Å². The summed E-state index contributed by atoms with van der Waals surface area (Å²) in [5.41, 5.74) is 1.68. The van der Waals surface area contributed by atoms with Crippen molar-refractivity contribution in [2.75, 3.05) is 7.05 Å². The van der Waals surface area contributed by atoms with Gasteiger partial charge < -0.3 is 14.5 Å². The van der Waals surface area contributed by atoms with E-state index in [0.29, 0.717) is 18.1 Å². The predicted molar refractivity (Wildman–Crippen MR) is 72.3 cm³/mol. The van der Waals surface area contributed by atoms with Gasteiger partial charge in [-0.2, -0.15) is 0 Å². The highest BCUT2D eigenvalue weighted by Crippen LogP contribution is 2.36. The lowest BCUT2D eigenvalue weighted by Crippen LogP contribution is -2.26. The summed E-state index contributed by atoms with van der Waals surface area (Å²) in [5, 5.41) is 3.11. The van der Waals surface area contributed by atoms with Crippen molar-refractivity contribution in [3.8, 4) is 0 Å². The van der Waals surface area contributed by atoms with E-state index in [2.05, 4.69) is 19.2 Å². The highest BCUT2D eigenvalue weighted by atomic mass is 16.5. The van der Waals surface area contributed by atoms with E-state index in [1.54, 1.807) is 6.26 Å². The molecule has 0 amide bonds. The number of ether oxygens (including phenoxy) is 1. The Kier molecular flexibility index (Phi) is 4.46. The minimum absolute atomic E-state index is 0.426. The molecule has 2 rings (SSSR count). The monoisotopic (exact) mass is 251 g/mol. The van der Waals surface area contributed by atoms with Gasteiger partial charge in [0.1, 0.15) is 5.76 Å². The maximum atomic E-state index is 6.02. The van der Waals surface area contributed by atoms with Crippen molar-refractivity contribution in [1.29, 1.82) is 0 Å². The molecule has 102 valence electrons. The first-order valence-electron chi connectivity index (χ1n) is 6.92. The molecule has 0 spiro atoms. The van der Waals surface area contributed by atoms with Crippen LogP contribution in [0.5, 0.6) is 0 Å². The Bertz CT molecular complexity index is 360. The van der Waals surface area contributed by atoms with Crippen LogP contribution >= 0.6 is 0 Å². The molecule has 0 radical (unpaired) electrons. The molecule has 3 nitrogen and oxygen atoms in total. The van der Waals surface area contributed by atoms with Gasteiger partial charge in [-0.05, 0) is 44.2 Å². The molecule has 0 atom stereocenters. The SMILES string of the molecule is CNCc1occc1COC1CCC(C)(C)CC1. The number of nitrogens with one attached hydrogen (secondary N) is 1. The van der Waals surface area contributed by atoms with E-state index in [0.717, 1.165) is 12.3 Å². The Hall–Kier alpha value is -0.800. The molecule has 18 heavy (non-hydrogen) atoms. The van der Waals surface area contributed by atoms with Crippen molar-refractivity contribution >= 4 is 0 Å². The van der Waals surface area contributed by atoms with Gasteiger partial charge in [-0.15, -0.1) is 0 Å². The highest BCUT2D eigenvalue weighted by Gasteiger charge is 2.27. The molecule has 0 aliphatic heterocycles. The standard InChI is InChI=1S/C15H25NO2/c1-15(2)7-4-13(5-8-15)18-11-12-6-9-17-14(12)10-16-3/h6,9,13,16H,4-5,7-8,10-11H2,1-3H3. The van der Waals surface area contributed by atoms with E-state index in [1.165, 1.54) is 31.2 Å². The summed E-state index contributed by atoms with van der Waals surface area (Å²) in [6.45, 7) is 6.15. The third-order valence-electron chi connectivity index (χ3n) is 3.94. The zero-order valence-corrected chi connectivity index (χ0v) is 11.8. The third kappa shape index (κ3) is 3.59. The van der Waals surface area contributed by atoms with Gasteiger partial charge in [0.25, 0.3) is 0 Å². The number of furan rings is 1. The molecule has 1 fully saturated rings. The van der Waals surface area contributed by atoms with E-state index < -0.39 is 0 Å². The second-order valence-electron chi connectivity index (χ2n) is 6.07. The van der Waals surface area contributed by atoms with Crippen LogP contribution in [-0.4, -0.2) is 13.2 Å². The quantitative estimate of drug-likeness (QED) is 0.870. The van der Waals surface area contributed by atoms with Crippen molar-refractivity contribution in [3.63, 3.8) is 0 Å². The van der Waals surface area contributed by atoms with Crippen LogP contribution in [0.1, 0.15) is 50.9 Å². The Morgan fingerprint density at radius 3 is 2.78 bits per heavy atom. The maximum Gasteiger partial charge on any atom is 0.123 e. The topological polar surface area (TPSA) is 34.4 Å². The molecule has 1 aliphatic rings. The summed E-state index contributed by atoms with van der Waals surface area (Å²) < 4.78 is 11.5. The molecule has 1 aromatic heterocycles. The summed E-state index contributed by atoms with van der Waals surface area (Å²) in [4.78, 5) is 0. The van der Waals surface area contributed by atoms with Crippen LogP contribution < -0.4 is 5.32 Å². The van der Waals surface area contributed by atoms with Gasteiger partial charge in [0.05, 0.1) is 25.5 Å². The van der Waals surface area contributed by atoms with Crippen LogP contribution in [0, 0.1) is 5.41 Å². The molecule has 1 N–H and O–H groups in total. The Labute approximate surface area is 110 Å². The lowest BCUT2D eigenvalue weighted by molar-refractivity contribution is -0.00610. The van der Waals surface area contributed by atoms with Crippen molar-refractivity contribution in [3.05, 3.63) is 23.7 Å². The highest BCUT2D eigenvalue weighted by molar-refractivity contribution is 5.15. The summed E-state index contributed by atoms with van der Waals surface area (Å²) in [6.07, 6.45) is 7.09. The summed E-state index contributed by atoms with van der Waals surface area (Å²) in [7, 11) is 1.93. The minimum atomic E-state index is 0.426. The molecule has 1 heterocycles. The molecular formula is C15H25NO2. The molecule has 0 bridgehead atoms. The summed E-state index contributed by atoms with van der Waals surface area (Å²) >= 11 is 0. The fourth-order valence-electron chi connectivity index (χ4n) is 2.56. The van der Waals surface area contributed by atoms with Crippen LogP contribution in [-0.2, 0) is 17.9 Å². The minimum Gasteiger partial charge on any atom is -0.468 e. The van der Waals surface area contributed by atoms with Crippen molar-refractivity contribution in [1.82, 2.24) is 5.32 Å². The van der Waals surface area contributed by atoms with E-state index >= 15 is 0 Å². The number of hydrogen-bond acceptors (Lipinski definition) is 3. The van der Waals surface area contributed by atoms with Gasteiger partial charge in [-0.25, -0.2) is 0 Å². The van der Waals surface area contributed by atoms with Crippen molar-refractivity contribution < 1.29 is 9.15 Å². The van der Waals surface area contributed by atoms with Crippen molar-refractivity contribution in [2.24, 2.45) is 5.41 Å². The average molecular weight is 251 g/mol. The first-order chi connectivity index (χ1) is 8.61. The fraction of sp³-hybridized carbons (Fsp3) is 0.733. The molecule has 1 aromatic rings.